The molecule has 0 unspecified atom stereocenters. The van der Waals surface area contributed by atoms with Gasteiger partial charge in [0.2, 0.25) is 0 Å². The number of fused-ring (bicyclic) bond motifs is 1. The summed E-state index contributed by atoms with van der Waals surface area (Å²) in [5.41, 5.74) is 4.81. The summed E-state index contributed by atoms with van der Waals surface area (Å²) in [7, 11) is 0. The number of hydrogen-bond donors (Lipinski definition) is 1. The standard InChI is InChI=1S/C24H27FN4O4/c1-5-10-28-21-12-19(25)17(11-18(21)16(2)13-24(28,3)4)14-26-27-23(30)15-33-22-9-7-6-8-20(22)29(31)32/h6-9,11-14H,5,10,15H2,1-4H3,(H,27,30)/b26-14+. The number of rotatable bonds is 8. The highest BCUT2D eigenvalue weighted by molar-refractivity contribution is 5.89. The number of hydrogen-bond acceptors (Lipinski definition) is 6. The number of benzene rings is 2. The van der Waals surface area contributed by atoms with E-state index in [1.807, 2.05) is 6.92 Å². The monoisotopic (exact) mass is 454 g/mol. The zero-order chi connectivity index (χ0) is 24.2. The van der Waals surface area contributed by atoms with E-state index in [0.29, 0.717) is 0 Å². The predicted octanol–water partition coefficient (Wildman–Crippen LogP) is 4.67. The van der Waals surface area contributed by atoms with Gasteiger partial charge in [-0.3, -0.25) is 14.9 Å². The zero-order valence-electron chi connectivity index (χ0n) is 19.1. The topological polar surface area (TPSA) is 97.1 Å². The molecule has 1 N–H and O–H groups in total. The van der Waals surface area contributed by atoms with E-state index in [-0.39, 0.29) is 22.5 Å². The van der Waals surface area contributed by atoms with Gasteiger partial charge in [-0.15, -0.1) is 0 Å². The normalized spacial score (nSPS) is 14.6. The predicted molar refractivity (Wildman–Crippen MR) is 126 cm³/mol. The minimum atomic E-state index is -0.630. The number of nitrogens with one attached hydrogen (secondary N) is 1. The molecule has 0 saturated carbocycles. The summed E-state index contributed by atoms with van der Waals surface area (Å²) in [5.74, 6) is -1.10. The second-order valence-electron chi connectivity index (χ2n) is 8.33. The van der Waals surface area contributed by atoms with Crippen molar-refractivity contribution in [2.75, 3.05) is 18.1 Å². The number of anilines is 1. The molecule has 1 heterocycles. The fourth-order valence-corrected chi connectivity index (χ4v) is 3.93. The summed E-state index contributed by atoms with van der Waals surface area (Å²) in [5, 5.41) is 14.8. The maximum absolute atomic E-state index is 14.8. The zero-order valence-corrected chi connectivity index (χ0v) is 19.1. The molecule has 2 aromatic rings. The number of carbonyl (C=O) groups is 1. The summed E-state index contributed by atoms with van der Waals surface area (Å²) < 4.78 is 20.1. The summed E-state index contributed by atoms with van der Waals surface area (Å²) in [6, 6.07) is 8.97. The lowest BCUT2D eigenvalue weighted by molar-refractivity contribution is -0.385. The van der Waals surface area contributed by atoms with Gasteiger partial charge in [-0.25, -0.2) is 9.82 Å². The van der Waals surface area contributed by atoms with Crippen LogP contribution in [0.2, 0.25) is 0 Å². The van der Waals surface area contributed by atoms with Crippen molar-refractivity contribution in [1.82, 2.24) is 5.43 Å². The van der Waals surface area contributed by atoms with E-state index in [0.717, 1.165) is 29.8 Å². The molecule has 33 heavy (non-hydrogen) atoms. The van der Waals surface area contributed by atoms with E-state index >= 15 is 0 Å². The summed E-state index contributed by atoms with van der Waals surface area (Å²) in [6.07, 6.45) is 4.32. The van der Waals surface area contributed by atoms with Crippen LogP contribution in [0.25, 0.3) is 5.57 Å². The molecule has 0 saturated heterocycles. The van der Waals surface area contributed by atoms with Crippen LogP contribution in [0.5, 0.6) is 5.75 Å². The van der Waals surface area contributed by atoms with Crippen LogP contribution in [-0.2, 0) is 4.79 Å². The van der Waals surface area contributed by atoms with Crippen LogP contribution in [0, 0.1) is 15.9 Å². The number of carbonyl (C=O) groups excluding carboxylic acids is 1. The molecular weight excluding hydrogens is 427 g/mol. The van der Waals surface area contributed by atoms with Crippen LogP contribution in [0.3, 0.4) is 0 Å². The largest absolute Gasteiger partial charge is 0.477 e. The number of para-hydroxylation sites is 2. The van der Waals surface area contributed by atoms with Crippen LogP contribution >= 0.6 is 0 Å². The van der Waals surface area contributed by atoms with Crippen LogP contribution in [0.15, 0.2) is 47.6 Å². The molecule has 174 valence electrons. The van der Waals surface area contributed by atoms with E-state index in [1.54, 1.807) is 12.1 Å². The minimum Gasteiger partial charge on any atom is -0.477 e. The van der Waals surface area contributed by atoms with Crippen molar-refractivity contribution >= 4 is 29.1 Å². The number of nitro groups is 1. The average molecular weight is 455 g/mol. The fourth-order valence-electron chi connectivity index (χ4n) is 3.93. The third-order valence-corrected chi connectivity index (χ3v) is 5.36. The molecule has 1 amide bonds. The van der Waals surface area contributed by atoms with E-state index in [4.69, 9.17) is 4.74 Å². The second kappa shape index (κ2) is 9.81. The fraction of sp³-hybridized carbons (Fsp3) is 0.333. The van der Waals surface area contributed by atoms with Crippen LogP contribution in [0.1, 0.15) is 45.2 Å². The van der Waals surface area contributed by atoms with E-state index in [9.17, 15) is 19.3 Å². The Hall–Kier alpha value is -3.75. The maximum Gasteiger partial charge on any atom is 0.310 e. The summed E-state index contributed by atoms with van der Waals surface area (Å²) >= 11 is 0. The number of allylic oxidation sites excluding steroid dienone is 1. The molecule has 8 nitrogen and oxygen atoms in total. The molecule has 9 heteroatoms. The molecule has 3 rings (SSSR count). The highest BCUT2D eigenvalue weighted by Gasteiger charge is 2.31. The van der Waals surface area contributed by atoms with Gasteiger partial charge < -0.3 is 9.64 Å². The van der Waals surface area contributed by atoms with Crippen LogP contribution < -0.4 is 15.1 Å². The first-order valence-electron chi connectivity index (χ1n) is 10.6. The lowest BCUT2D eigenvalue weighted by atomic mass is 9.88. The number of ether oxygens (including phenoxy) is 1. The molecule has 2 aromatic carbocycles. The van der Waals surface area contributed by atoms with Gasteiger partial charge in [-0.1, -0.05) is 25.1 Å². The Morgan fingerprint density at radius 3 is 2.76 bits per heavy atom. The van der Waals surface area contributed by atoms with Gasteiger partial charge in [0.1, 0.15) is 5.82 Å². The summed E-state index contributed by atoms with van der Waals surface area (Å²) in [6.45, 7) is 8.60. The van der Waals surface area contributed by atoms with Crippen molar-refractivity contribution in [3.63, 3.8) is 0 Å². The molecule has 0 bridgehead atoms. The first-order valence-corrected chi connectivity index (χ1v) is 10.6. The number of nitro benzene ring substituents is 1. The van der Waals surface area contributed by atoms with Gasteiger partial charge in [-0.05, 0) is 51.0 Å². The highest BCUT2D eigenvalue weighted by Crippen LogP contribution is 2.40. The average Bonchev–Trinajstić information content (AvgIpc) is 2.75. The van der Waals surface area contributed by atoms with Gasteiger partial charge in [0, 0.05) is 29.4 Å². The SMILES string of the molecule is CCCN1c2cc(F)c(/C=N/NC(=O)COc3ccccc3[N+](=O)[O-])cc2C(C)=CC1(C)C. The number of nitrogens with zero attached hydrogens (tertiary/aromatic N) is 3. The Balaban J connectivity index is 1.71. The van der Waals surface area contributed by atoms with Crippen molar-refractivity contribution in [2.45, 2.75) is 39.7 Å². The van der Waals surface area contributed by atoms with Gasteiger partial charge in [0.15, 0.2) is 12.4 Å². The van der Waals surface area contributed by atoms with E-state index in [1.165, 1.54) is 30.5 Å². The lowest BCUT2D eigenvalue weighted by Gasteiger charge is -2.43. The Morgan fingerprint density at radius 2 is 2.06 bits per heavy atom. The number of halogens is 1. The molecular formula is C24H27FN4O4. The first-order chi connectivity index (χ1) is 15.6. The van der Waals surface area contributed by atoms with Crippen LogP contribution in [-0.4, -0.2) is 35.7 Å². The molecule has 0 radical (unpaired) electrons. The molecule has 0 spiro atoms. The van der Waals surface area contributed by atoms with Crippen molar-refractivity contribution in [1.29, 1.82) is 0 Å². The molecule has 0 aromatic heterocycles. The van der Waals surface area contributed by atoms with Gasteiger partial charge in [-0.2, -0.15) is 5.10 Å². The Labute approximate surface area is 191 Å². The molecule has 1 aliphatic rings. The highest BCUT2D eigenvalue weighted by atomic mass is 19.1. The van der Waals surface area contributed by atoms with Gasteiger partial charge in [0.05, 0.1) is 16.7 Å². The lowest BCUT2D eigenvalue weighted by Crippen LogP contribution is -2.45. The van der Waals surface area contributed by atoms with Crippen molar-refractivity contribution in [3.05, 3.63) is 69.5 Å². The van der Waals surface area contributed by atoms with Gasteiger partial charge in [0.25, 0.3) is 5.91 Å². The van der Waals surface area contributed by atoms with Crippen molar-refractivity contribution in [2.24, 2.45) is 5.10 Å². The van der Waals surface area contributed by atoms with Crippen molar-refractivity contribution in [3.8, 4) is 5.75 Å². The molecule has 0 aliphatic carbocycles. The van der Waals surface area contributed by atoms with Crippen molar-refractivity contribution < 1.29 is 18.8 Å². The third-order valence-electron chi connectivity index (χ3n) is 5.36. The van der Waals surface area contributed by atoms with Gasteiger partial charge >= 0.3 is 5.69 Å². The molecule has 0 atom stereocenters. The number of amides is 1. The second-order valence-corrected chi connectivity index (χ2v) is 8.33. The third kappa shape index (κ3) is 5.36. The smallest absolute Gasteiger partial charge is 0.310 e. The number of hydrazone groups is 1. The Kier molecular flexibility index (Phi) is 7.10. The Morgan fingerprint density at radius 1 is 1.33 bits per heavy atom. The first kappa shape index (κ1) is 23.9. The molecule has 0 fully saturated rings. The molecule has 1 aliphatic heterocycles. The van der Waals surface area contributed by atoms with E-state index < -0.39 is 23.3 Å². The maximum atomic E-state index is 14.8. The summed E-state index contributed by atoms with van der Waals surface area (Å²) in [4.78, 5) is 24.6. The minimum absolute atomic E-state index is 0.0239. The quantitative estimate of drug-likeness (QED) is 0.355. The Bertz CT molecular complexity index is 1130. The van der Waals surface area contributed by atoms with Crippen LogP contribution in [0.4, 0.5) is 15.8 Å². The van der Waals surface area contributed by atoms with E-state index in [2.05, 4.69) is 42.3 Å².